The minimum atomic E-state index is -0.212. The van der Waals surface area contributed by atoms with Crippen LogP contribution in [0, 0.1) is 0 Å². The van der Waals surface area contributed by atoms with Crippen molar-refractivity contribution in [1.29, 1.82) is 0 Å². The fourth-order valence-electron chi connectivity index (χ4n) is 2.78. The van der Waals surface area contributed by atoms with Crippen molar-refractivity contribution in [2.75, 3.05) is 27.7 Å². The number of amides is 5. The van der Waals surface area contributed by atoms with Crippen LogP contribution in [0.2, 0.25) is 0 Å². The topological polar surface area (TPSA) is 95.1 Å². The van der Waals surface area contributed by atoms with Crippen LogP contribution < -0.4 is 0 Å². The largest absolute Gasteiger partial charge is 0.346 e. The van der Waals surface area contributed by atoms with Crippen LogP contribution in [-0.4, -0.2) is 71.9 Å². The average Bonchev–Trinajstić information content (AvgIpc) is 3.26. The molecule has 4 rings (SSSR count). The van der Waals surface area contributed by atoms with Crippen molar-refractivity contribution in [3.63, 3.8) is 0 Å². The van der Waals surface area contributed by atoms with Crippen LogP contribution in [0.3, 0.4) is 0 Å². The van der Waals surface area contributed by atoms with Crippen molar-refractivity contribution < 1.29 is 24.0 Å². The molecule has 3 aliphatic rings. The first-order chi connectivity index (χ1) is 12.7. The summed E-state index contributed by atoms with van der Waals surface area (Å²) in [5, 5.41) is 0. The van der Waals surface area contributed by atoms with Crippen molar-refractivity contribution in [3.05, 3.63) is 35.4 Å². The number of likely N-dealkylation sites (tertiary alicyclic amines) is 2. The summed E-state index contributed by atoms with van der Waals surface area (Å²) < 4.78 is 0. The first kappa shape index (κ1) is 20.3. The summed E-state index contributed by atoms with van der Waals surface area (Å²) in [7, 11) is 4.84. The zero-order chi connectivity index (χ0) is 20.1. The van der Waals surface area contributed by atoms with Crippen LogP contribution in [-0.2, 0) is 14.4 Å². The molecule has 8 nitrogen and oxygen atoms in total. The summed E-state index contributed by atoms with van der Waals surface area (Å²) in [4.78, 5) is 58.2. The Morgan fingerprint density at radius 1 is 0.667 bits per heavy atom. The number of nitrogens with zero attached hydrogens (tertiary/aromatic N) is 3. The molecule has 0 radical (unpaired) electrons. The van der Waals surface area contributed by atoms with Gasteiger partial charge >= 0.3 is 0 Å². The number of rotatable bonds is 0. The van der Waals surface area contributed by atoms with E-state index in [9.17, 15) is 24.0 Å². The molecule has 2 saturated heterocycles. The lowest BCUT2D eigenvalue weighted by Gasteiger charge is -2.03. The Morgan fingerprint density at radius 2 is 1.15 bits per heavy atom. The molecule has 3 heterocycles. The molecule has 2 fully saturated rings. The van der Waals surface area contributed by atoms with Gasteiger partial charge in [-0.2, -0.15) is 0 Å². The molecule has 144 valence electrons. The van der Waals surface area contributed by atoms with Crippen LogP contribution >= 0.6 is 0 Å². The molecular formula is C19H23N3O5. The number of carbonyl (C=O) groups is 5. The molecule has 3 aliphatic heterocycles. The number of fused-ring (bicyclic) bond motifs is 1. The molecule has 27 heavy (non-hydrogen) atoms. The van der Waals surface area contributed by atoms with E-state index >= 15 is 0 Å². The van der Waals surface area contributed by atoms with Gasteiger partial charge in [0.15, 0.2) is 0 Å². The molecule has 5 amide bonds. The quantitative estimate of drug-likeness (QED) is 0.630. The van der Waals surface area contributed by atoms with Crippen LogP contribution in [0.5, 0.6) is 0 Å². The fraction of sp³-hybridized carbons (Fsp3) is 0.421. The molecule has 0 aromatic heterocycles. The van der Waals surface area contributed by atoms with Gasteiger partial charge < -0.3 is 4.90 Å². The minimum Gasteiger partial charge on any atom is -0.346 e. The molecular weight excluding hydrogens is 350 g/mol. The summed E-state index contributed by atoms with van der Waals surface area (Å²) in [6.07, 6.45) is 2.61. The predicted molar refractivity (Wildman–Crippen MR) is 96.7 cm³/mol. The van der Waals surface area contributed by atoms with Gasteiger partial charge in [-0.15, -0.1) is 0 Å². The Bertz CT molecular complexity index is 738. The van der Waals surface area contributed by atoms with Crippen LogP contribution in [0.15, 0.2) is 24.3 Å². The zero-order valence-electron chi connectivity index (χ0n) is 15.7. The van der Waals surface area contributed by atoms with Crippen molar-refractivity contribution >= 4 is 29.5 Å². The van der Waals surface area contributed by atoms with Crippen molar-refractivity contribution in [2.24, 2.45) is 0 Å². The van der Waals surface area contributed by atoms with E-state index in [0.29, 0.717) is 29.9 Å². The highest BCUT2D eigenvalue weighted by atomic mass is 16.2. The second kappa shape index (κ2) is 8.57. The second-order valence-electron chi connectivity index (χ2n) is 6.48. The highest BCUT2D eigenvalue weighted by Gasteiger charge is 2.31. The van der Waals surface area contributed by atoms with Gasteiger partial charge in [-0.25, -0.2) is 0 Å². The zero-order valence-corrected chi connectivity index (χ0v) is 15.7. The van der Waals surface area contributed by atoms with Crippen molar-refractivity contribution in [3.8, 4) is 0 Å². The van der Waals surface area contributed by atoms with Crippen LogP contribution in [0.4, 0.5) is 0 Å². The lowest BCUT2D eigenvalue weighted by atomic mass is 10.1. The summed E-state index contributed by atoms with van der Waals surface area (Å²) >= 11 is 0. The van der Waals surface area contributed by atoms with Crippen LogP contribution in [0.1, 0.15) is 46.4 Å². The Morgan fingerprint density at radius 3 is 1.41 bits per heavy atom. The maximum absolute atomic E-state index is 11.3. The van der Waals surface area contributed by atoms with E-state index in [2.05, 4.69) is 0 Å². The van der Waals surface area contributed by atoms with E-state index in [0.717, 1.165) is 24.3 Å². The predicted octanol–water partition coefficient (Wildman–Crippen LogP) is 0.916. The molecule has 0 spiro atoms. The fourth-order valence-corrected chi connectivity index (χ4v) is 2.78. The Kier molecular flexibility index (Phi) is 6.44. The van der Waals surface area contributed by atoms with Crippen LogP contribution in [0.25, 0.3) is 0 Å². The van der Waals surface area contributed by atoms with E-state index < -0.39 is 0 Å². The van der Waals surface area contributed by atoms with E-state index in [1.165, 1.54) is 19.0 Å². The summed E-state index contributed by atoms with van der Waals surface area (Å²) in [5.41, 5.74) is 1.01. The Balaban J connectivity index is 0.000000153. The first-order valence-corrected chi connectivity index (χ1v) is 8.68. The normalized spacial score (nSPS) is 18.3. The van der Waals surface area contributed by atoms with Gasteiger partial charge in [-0.3, -0.25) is 33.8 Å². The molecule has 0 bridgehead atoms. The van der Waals surface area contributed by atoms with E-state index in [-0.39, 0.29) is 23.6 Å². The maximum atomic E-state index is 11.3. The van der Waals surface area contributed by atoms with E-state index in [4.69, 9.17) is 0 Å². The standard InChI is InChI=1S/C9H7NO2.C5H7NO2.C5H9NO/c1-10-8(11)6-4-2-3-5-7(6)9(10)12;1-6-4(7)2-3-5(6)8;1-6-4-2-3-5(6)7/h2-5H,1H3;2-3H2,1H3;2-4H2,1H3. The van der Waals surface area contributed by atoms with Gasteiger partial charge in [-0.05, 0) is 18.6 Å². The number of carbonyl (C=O) groups excluding carboxylic acids is 5. The smallest absolute Gasteiger partial charge is 0.261 e. The summed E-state index contributed by atoms with van der Waals surface area (Å²) in [5.74, 6) is -0.254. The lowest BCUT2D eigenvalue weighted by molar-refractivity contribution is -0.136. The molecule has 0 saturated carbocycles. The molecule has 0 atom stereocenters. The lowest BCUT2D eigenvalue weighted by Crippen LogP contribution is -2.24. The van der Waals surface area contributed by atoms with Gasteiger partial charge in [0, 0.05) is 47.0 Å². The summed E-state index contributed by atoms with van der Waals surface area (Å²) in [6, 6.07) is 6.84. The molecule has 1 aromatic carbocycles. The van der Waals surface area contributed by atoms with E-state index in [1.807, 2.05) is 7.05 Å². The van der Waals surface area contributed by atoms with E-state index in [1.54, 1.807) is 29.2 Å². The number of hydrogen-bond acceptors (Lipinski definition) is 5. The number of imide groups is 2. The number of benzene rings is 1. The van der Waals surface area contributed by atoms with Gasteiger partial charge in [0.2, 0.25) is 17.7 Å². The number of hydrogen-bond donors (Lipinski definition) is 0. The molecule has 8 heteroatoms. The third-order valence-corrected chi connectivity index (χ3v) is 4.61. The second-order valence-corrected chi connectivity index (χ2v) is 6.48. The molecule has 0 N–H and O–H groups in total. The molecule has 0 aliphatic carbocycles. The molecule has 0 unspecified atom stereocenters. The van der Waals surface area contributed by atoms with Gasteiger partial charge in [0.1, 0.15) is 0 Å². The Hall–Kier alpha value is -3.03. The maximum Gasteiger partial charge on any atom is 0.261 e. The third kappa shape index (κ3) is 4.58. The first-order valence-electron chi connectivity index (χ1n) is 8.68. The van der Waals surface area contributed by atoms with Gasteiger partial charge in [-0.1, -0.05) is 12.1 Å². The average molecular weight is 373 g/mol. The van der Waals surface area contributed by atoms with Gasteiger partial charge in [0.25, 0.3) is 11.8 Å². The highest BCUT2D eigenvalue weighted by molar-refractivity contribution is 6.21. The molecule has 1 aromatic rings. The SMILES string of the molecule is CN1C(=O)CCC1=O.CN1C(=O)c2ccccc2C1=O.CN1CCCC1=O. The Labute approximate surface area is 157 Å². The van der Waals surface area contributed by atoms with Gasteiger partial charge in [0.05, 0.1) is 11.1 Å². The monoisotopic (exact) mass is 373 g/mol. The third-order valence-electron chi connectivity index (χ3n) is 4.61. The highest BCUT2D eigenvalue weighted by Crippen LogP contribution is 2.20. The van der Waals surface area contributed by atoms with Crippen molar-refractivity contribution in [2.45, 2.75) is 25.7 Å². The summed E-state index contributed by atoms with van der Waals surface area (Å²) in [6.45, 7) is 0.957. The minimum absolute atomic E-state index is 0.0602. The van der Waals surface area contributed by atoms with Crippen molar-refractivity contribution in [1.82, 2.24) is 14.7 Å².